The predicted molar refractivity (Wildman–Crippen MR) is 131 cm³/mol. The van der Waals surface area contributed by atoms with Gasteiger partial charge in [-0.25, -0.2) is 19.2 Å². The normalized spacial score (nSPS) is 9.66. The highest BCUT2D eigenvalue weighted by molar-refractivity contribution is 5.89. The maximum Gasteiger partial charge on any atom is 0.334 e. The van der Waals surface area contributed by atoms with E-state index in [0.717, 1.165) is 11.6 Å². The van der Waals surface area contributed by atoms with E-state index in [4.69, 9.17) is 9.84 Å². The lowest BCUT2D eigenvalue weighted by atomic mass is 10.1. The number of carbonyl (C=O) groups is 4. The van der Waals surface area contributed by atoms with E-state index < -0.39 is 17.9 Å². The molecule has 0 aliphatic rings. The van der Waals surface area contributed by atoms with Crippen LogP contribution in [0.2, 0.25) is 0 Å². The van der Waals surface area contributed by atoms with Crippen LogP contribution in [0.1, 0.15) is 25.8 Å². The Kier molecular flexibility index (Phi) is 19.6. The number of aliphatic carboxylic acids is 1. The highest BCUT2D eigenvalue weighted by Gasteiger charge is 2.08. The molecule has 0 aliphatic carbocycles. The van der Waals surface area contributed by atoms with Crippen molar-refractivity contribution >= 4 is 23.9 Å². The molecule has 9 nitrogen and oxygen atoms in total. The summed E-state index contributed by atoms with van der Waals surface area (Å²) in [5, 5.41) is 8.67. The quantitative estimate of drug-likeness (QED) is 0.213. The molecule has 0 radical (unpaired) electrons. The van der Waals surface area contributed by atoms with Crippen LogP contribution in [-0.2, 0) is 44.7 Å². The molecule has 0 bridgehead atoms. The zero-order chi connectivity index (χ0) is 27.2. The zero-order valence-corrected chi connectivity index (χ0v) is 20.7. The number of allylic oxidation sites excluding steroid dienone is 1. The van der Waals surface area contributed by atoms with Gasteiger partial charge in [-0.2, -0.15) is 0 Å². The van der Waals surface area contributed by atoms with Crippen molar-refractivity contribution < 1.29 is 43.2 Å². The number of carboxylic acids is 1. The second kappa shape index (κ2) is 20.6. The topological polar surface area (TPSA) is 125 Å². The first-order valence-electron chi connectivity index (χ1n) is 10.3. The fraction of sp³-hybridized carbons (Fsp3) is 0.308. The minimum Gasteiger partial charge on any atom is -0.478 e. The van der Waals surface area contributed by atoms with Crippen molar-refractivity contribution in [3.05, 3.63) is 84.5 Å². The summed E-state index contributed by atoms with van der Waals surface area (Å²) in [5.41, 5.74) is 1.73. The summed E-state index contributed by atoms with van der Waals surface area (Å²) in [7, 11) is 2.87. The molecule has 0 spiro atoms. The Bertz CT molecular complexity index is 883. The van der Waals surface area contributed by atoms with Crippen LogP contribution in [0.3, 0.4) is 0 Å². The summed E-state index contributed by atoms with van der Waals surface area (Å²) in [5.74, 6) is -2.28. The summed E-state index contributed by atoms with van der Waals surface area (Å²) in [6, 6.07) is 9.30. The highest BCUT2D eigenvalue weighted by atomic mass is 16.6. The van der Waals surface area contributed by atoms with Crippen molar-refractivity contribution in [3.8, 4) is 0 Å². The van der Waals surface area contributed by atoms with Crippen LogP contribution in [0.25, 0.3) is 0 Å². The first-order valence-corrected chi connectivity index (χ1v) is 10.3. The fourth-order valence-corrected chi connectivity index (χ4v) is 1.73. The molecule has 0 saturated heterocycles. The number of esters is 3. The van der Waals surface area contributed by atoms with Gasteiger partial charge in [-0.15, -0.1) is 0 Å². The first-order chi connectivity index (χ1) is 16.5. The van der Waals surface area contributed by atoms with Crippen molar-refractivity contribution in [1.29, 1.82) is 0 Å². The molecule has 1 rings (SSSR count). The number of methoxy groups -OCH3 is 2. The lowest BCUT2D eigenvalue weighted by molar-refractivity contribution is -0.140. The Morgan fingerprint density at radius 3 is 1.97 bits per heavy atom. The lowest BCUT2D eigenvalue weighted by Crippen LogP contribution is -2.07. The van der Waals surface area contributed by atoms with E-state index in [1.807, 2.05) is 30.3 Å². The molecule has 0 aliphatic heterocycles. The van der Waals surface area contributed by atoms with Gasteiger partial charge in [-0.05, 0) is 25.8 Å². The van der Waals surface area contributed by atoms with Crippen LogP contribution >= 0.6 is 0 Å². The molecule has 0 heterocycles. The average Bonchev–Trinajstić information content (AvgIpc) is 2.86. The van der Waals surface area contributed by atoms with E-state index in [1.54, 1.807) is 14.0 Å². The van der Waals surface area contributed by atoms with E-state index in [0.29, 0.717) is 18.8 Å². The smallest absolute Gasteiger partial charge is 0.334 e. The number of carbonyl (C=O) groups excluding carboxylic acids is 3. The molecular formula is C26H34O9. The molecular weight excluding hydrogens is 456 g/mol. The highest BCUT2D eigenvalue weighted by Crippen LogP contribution is 2.08. The third kappa shape index (κ3) is 19.2. The minimum atomic E-state index is -1.01. The number of hydrogen-bond acceptors (Lipinski definition) is 8. The Morgan fingerprint density at radius 1 is 0.943 bits per heavy atom. The summed E-state index contributed by atoms with van der Waals surface area (Å²) >= 11 is 0. The molecule has 0 unspecified atom stereocenters. The van der Waals surface area contributed by atoms with E-state index in [-0.39, 0.29) is 30.1 Å². The summed E-state index contributed by atoms with van der Waals surface area (Å²) < 4.78 is 18.5. The number of carboxylic acid groups (broad SMARTS) is 1. The van der Waals surface area contributed by atoms with Crippen molar-refractivity contribution in [2.45, 2.75) is 26.9 Å². The largest absolute Gasteiger partial charge is 0.478 e. The van der Waals surface area contributed by atoms with Crippen LogP contribution in [0.4, 0.5) is 0 Å². The van der Waals surface area contributed by atoms with Crippen LogP contribution in [0.5, 0.6) is 0 Å². The zero-order valence-electron chi connectivity index (χ0n) is 20.7. The van der Waals surface area contributed by atoms with E-state index in [9.17, 15) is 19.2 Å². The fourth-order valence-electron chi connectivity index (χ4n) is 1.73. The standard InChI is InChI=1S/C15H16O4.C6H10O3.C5H8O2/c1-11(14(16)17)8-9-12(2)15(18)19-10-13-6-4-3-5-7-13;1-3-6(7)9-5-4-8-2;1-4(2)5(6)7-3/h3-8H,2,9-10H2,1H3,(H,16,17);3H,1,4-5H2,2H3;1H2,2-3H3. The van der Waals surface area contributed by atoms with Crippen LogP contribution in [0.15, 0.2) is 78.9 Å². The molecule has 0 saturated carbocycles. The molecule has 0 fully saturated rings. The first kappa shape index (κ1) is 33.2. The molecule has 0 amide bonds. The number of ether oxygens (including phenoxy) is 4. The number of hydrogen-bond donors (Lipinski definition) is 1. The van der Waals surface area contributed by atoms with Gasteiger partial charge < -0.3 is 24.1 Å². The van der Waals surface area contributed by atoms with Crippen LogP contribution in [0, 0.1) is 0 Å². The Balaban J connectivity index is 0. The molecule has 192 valence electrons. The molecule has 9 heteroatoms. The third-order valence-corrected chi connectivity index (χ3v) is 3.73. The van der Waals surface area contributed by atoms with E-state index >= 15 is 0 Å². The Labute approximate surface area is 206 Å². The van der Waals surface area contributed by atoms with Gasteiger partial charge in [0.15, 0.2) is 0 Å². The number of rotatable bonds is 11. The van der Waals surface area contributed by atoms with Crippen LogP contribution in [-0.4, -0.2) is 56.4 Å². The van der Waals surface area contributed by atoms with Crippen molar-refractivity contribution in [2.75, 3.05) is 27.4 Å². The maximum absolute atomic E-state index is 11.6. The summed E-state index contributed by atoms with van der Waals surface area (Å²) in [6.45, 7) is 14.1. The lowest BCUT2D eigenvalue weighted by Gasteiger charge is -2.05. The molecule has 1 aromatic carbocycles. The molecule has 1 aromatic rings. The maximum atomic E-state index is 11.6. The monoisotopic (exact) mass is 490 g/mol. The number of benzene rings is 1. The molecule has 35 heavy (non-hydrogen) atoms. The van der Waals surface area contributed by atoms with Gasteiger partial charge in [0, 0.05) is 29.9 Å². The van der Waals surface area contributed by atoms with Crippen molar-refractivity contribution in [1.82, 2.24) is 0 Å². The van der Waals surface area contributed by atoms with Gasteiger partial charge in [0.25, 0.3) is 0 Å². The average molecular weight is 491 g/mol. The van der Waals surface area contributed by atoms with Gasteiger partial charge in [0.1, 0.15) is 13.2 Å². The Morgan fingerprint density at radius 2 is 1.54 bits per heavy atom. The molecule has 0 atom stereocenters. The van der Waals surface area contributed by atoms with Crippen molar-refractivity contribution in [2.24, 2.45) is 0 Å². The van der Waals surface area contributed by atoms with Gasteiger partial charge in [0.05, 0.1) is 13.7 Å². The van der Waals surface area contributed by atoms with E-state index in [2.05, 4.69) is 33.9 Å². The Hall–Kier alpha value is -3.98. The summed E-state index contributed by atoms with van der Waals surface area (Å²) in [4.78, 5) is 42.7. The van der Waals surface area contributed by atoms with Crippen LogP contribution < -0.4 is 0 Å². The summed E-state index contributed by atoms with van der Waals surface area (Å²) in [6.07, 6.45) is 2.73. The third-order valence-electron chi connectivity index (χ3n) is 3.73. The van der Waals surface area contributed by atoms with Gasteiger partial charge >= 0.3 is 23.9 Å². The minimum absolute atomic E-state index is 0.172. The second-order valence-corrected chi connectivity index (χ2v) is 6.70. The molecule has 0 aromatic heterocycles. The molecule has 1 N–H and O–H groups in total. The van der Waals surface area contributed by atoms with Gasteiger partial charge in [-0.1, -0.05) is 56.1 Å². The van der Waals surface area contributed by atoms with Gasteiger partial charge in [-0.3, -0.25) is 0 Å². The predicted octanol–water partition coefficient (Wildman–Crippen LogP) is 3.80. The SMILES string of the molecule is C=C(C)C(=O)OC.C=C(CC=C(C)C(=O)O)C(=O)OCc1ccccc1.C=CC(=O)OCCOC. The second-order valence-electron chi connectivity index (χ2n) is 6.70. The van der Waals surface area contributed by atoms with E-state index in [1.165, 1.54) is 20.1 Å². The van der Waals surface area contributed by atoms with Gasteiger partial charge in [0.2, 0.25) is 0 Å². The van der Waals surface area contributed by atoms with Crippen molar-refractivity contribution in [3.63, 3.8) is 0 Å².